The lowest BCUT2D eigenvalue weighted by molar-refractivity contribution is -0.143. The number of carbonyl (C=O) groups is 5. The number of likely N-dealkylation sites (N-methyl/N-ethyl adjacent to an activating group) is 1. The van der Waals surface area contributed by atoms with Crippen molar-refractivity contribution in [3.63, 3.8) is 0 Å². The van der Waals surface area contributed by atoms with E-state index >= 15 is 0 Å². The van der Waals surface area contributed by atoms with Gasteiger partial charge in [-0.05, 0) is 36.5 Å². The Morgan fingerprint density at radius 1 is 0.907 bits per heavy atom. The van der Waals surface area contributed by atoms with Crippen LogP contribution in [-0.4, -0.2) is 104 Å². The van der Waals surface area contributed by atoms with E-state index in [2.05, 4.69) is 21.3 Å². The molecule has 0 aromatic rings. The number of unbranched alkanes of at least 4 members (excludes halogenated alkanes) is 1. The molecule has 0 radical (unpaired) electrons. The molecule has 13 nitrogen and oxygen atoms in total. The number of amides is 5. The van der Waals surface area contributed by atoms with Gasteiger partial charge in [-0.1, -0.05) is 61.3 Å². The van der Waals surface area contributed by atoms with Gasteiger partial charge in [0.1, 0.15) is 12.1 Å². The molecule has 4 N–H and O–H groups in total. The van der Waals surface area contributed by atoms with Crippen LogP contribution in [0.2, 0.25) is 0 Å². The third-order valence-corrected chi connectivity index (χ3v) is 10.0. The van der Waals surface area contributed by atoms with Crippen molar-refractivity contribution in [1.29, 1.82) is 0 Å². The molecule has 4 atom stereocenters. The Labute approximate surface area is 256 Å². The summed E-state index contributed by atoms with van der Waals surface area (Å²) in [5, 5.41) is 10.7. The maximum absolute atomic E-state index is 13.9. The molecule has 0 aliphatic carbocycles. The summed E-state index contributed by atoms with van der Waals surface area (Å²) >= 11 is 0. The summed E-state index contributed by atoms with van der Waals surface area (Å²) in [5.74, 6) is -2.39. The molecule has 43 heavy (non-hydrogen) atoms. The van der Waals surface area contributed by atoms with Crippen molar-refractivity contribution in [2.45, 2.75) is 111 Å². The van der Waals surface area contributed by atoms with Gasteiger partial charge in [-0.2, -0.15) is 4.31 Å². The molecule has 0 bridgehead atoms. The van der Waals surface area contributed by atoms with E-state index in [-0.39, 0.29) is 12.3 Å². The van der Waals surface area contributed by atoms with Gasteiger partial charge in [-0.3, -0.25) is 19.2 Å². The summed E-state index contributed by atoms with van der Waals surface area (Å²) < 4.78 is 26.2. The molecular weight excluding hydrogens is 576 g/mol. The number of Topliss-reactive ketones (excluding diaryl/α,β-unsaturated/α-hetero) is 1. The fraction of sp³-hybridized carbons (Fsp3) is 0.828. The van der Waals surface area contributed by atoms with Crippen LogP contribution in [0.1, 0.15) is 87.0 Å². The SMILES string of the molecule is CCCCC(NC(=O)[C@@H]1CCCN1C(=O)[C@@H](NC(=O)N[C@H](CN1CCCS1(=O)=O)C(C)(C)C)C(C)(C)C)C(=O)C(=O)NC. The van der Waals surface area contributed by atoms with E-state index in [0.717, 1.165) is 6.42 Å². The van der Waals surface area contributed by atoms with Crippen molar-refractivity contribution in [3.8, 4) is 0 Å². The molecule has 0 spiro atoms. The van der Waals surface area contributed by atoms with Crippen LogP contribution >= 0.6 is 0 Å². The van der Waals surface area contributed by atoms with Crippen LogP contribution in [0.3, 0.4) is 0 Å². The number of hydrogen-bond acceptors (Lipinski definition) is 7. The van der Waals surface area contributed by atoms with Gasteiger partial charge in [0.25, 0.3) is 5.91 Å². The lowest BCUT2D eigenvalue weighted by Crippen LogP contribution is -2.61. The monoisotopic (exact) mass is 628 g/mol. The smallest absolute Gasteiger partial charge is 0.315 e. The van der Waals surface area contributed by atoms with Gasteiger partial charge in [0.05, 0.1) is 11.8 Å². The minimum Gasteiger partial charge on any atom is -0.353 e. The standard InChI is InChI=1S/C29H52N6O7S/c1-9-10-13-19(22(36)25(38)30-8)31-24(37)20-14-11-16-35(20)26(39)23(29(5,6)7)33-27(40)32-21(28(2,3)4)18-34-15-12-17-43(34,41)42/h19-21,23H,9-18H2,1-8H3,(H,30,38)(H,31,37)(H2,32,33,40)/t19?,20-,21+,23+/m0/s1. The zero-order chi connectivity index (χ0) is 32.8. The summed E-state index contributed by atoms with van der Waals surface area (Å²) in [7, 11) is -2.02. The maximum Gasteiger partial charge on any atom is 0.315 e. The first kappa shape index (κ1) is 36.5. The molecule has 2 heterocycles. The highest BCUT2D eigenvalue weighted by Crippen LogP contribution is 2.27. The normalized spacial score (nSPS) is 21.0. The Morgan fingerprint density at radius 2 is 1.56 bits per heavy atom. The van der Waals surface area contributed by atoms with Crippen LogP contribution in [0.15, 0.2) is 0 Å². The first-order valence-electron chi connectivity index (χ1n) is 15.2. The molecule has 14 heteroatoms. The second-order valence-electron chi connectivity index (χ2n) is 13.7. The van der Waals surface area contributed by atoms with Gasteiger partial charge in [-0.25, -0.2) is 13.2 Å². The molecule has 246 valence electrons. The van der Waals surface area contributed by atoms with Gasteiger partial charge in [0.2, 0.25) is 27.6 Å². The van der Waals surface area contributed by atoms with E-state index in [1.807, 2.05) is 48.5 Å². The fourth-order valence-electron chi connectivity index (χ4n) is 5.31. The summed E-state index contributed by atoms with van der Waals surface area (Å²) in [5.41, 5.74) is -1.21. The van der Waals surface area contributed by atoms with Crippen molar-refractivity contribution in [1.82, 2.24) is 30.5 Å². The first-order valence-corrected chi connectivity index (χ1v) is 16.9. The van der Waals surface area contributed by atoms with Crippen molar-refractivity contribution >= 4 is 39.6 Å². The molecule has 2 saturated heterocycles. The van der Waals surface area contributed by atoms with Crippen LogP contribution < -0.4 is 21.3 Å². The molecule has 1 unspecified atom stereocenters. The average Bonchev–Trinajstić information content (AvgIpc) is 3.53. The molecule has 0 aromatic carbocycles. The Kier molecular flexibility index (Phi) is 12.6. The highest BCUT2D eigenvalue weighted by molar-refractivity contribution is 7.89. The third-order valence-electron chi connectivity index (χ3n) is 8.10. The zero-order valence-corrected chi connectivity index (χ0v) is 27.9. The van der Waals surface area contributed by atoms with E-state index in [1.165, 1.54) is 16.3 Å². The first-order chi connectivity index (χ1) is 19.8. The molecule has 2 aliphatic rings. The van der Waals surface area contributed by atoms with E-state index in [0.29, 0.717) is 45.2 Å². The number of nitrogens with zero attached hydrogens (tertiary/aromatic N) is 2. The molecule has 2 rings (SSSR count). The minimum atomic E-state index is -3.37. The van der Waals surface area contributed by atoms with Gasteiger partial charge in [-0.15, -0.1) is 0 Å². The number of ketones is 1. The van der Waals surface area contributed by atoms with Crippen LogP contribution in [-0.2, 0) is 29.2 Å². The molecule has 0 saturated carbocycles. The number of carbonyl (C=O) groups excluding carboxylic acids is 5. The summed E-state index contributed by atoms with van der Waals surface area (Å²) in [6.45, 7) is 13.9. The zero-order valence-electron chi connectivity index (χ0n) is 27.0. The predicted octanol–water partition coefficient (Wildman–Crippen LogP) is 1.13. The summed E-state index contributed by atoms with van der Waals surface area (Å²) in [6.07, 6.45) is 3.18. The highest BCUT2D eigenvalue weighted by atomic mass is 32.2. The summed E-state index contributed by atoms with van der Waals surface area (Å²) in [4.78, 5) is 66.7. The second kappa shape index (κ2) is 14.8. The van der Waals surface area contributed by atoms with E-state index in [1.54, 1.807) is 0 Å². The maximum atomic E-state index is 13.9. The summed E-state index contributed by atoms with van der Waals surface area (Å²) in [6, 6.07) is -3.99. The Morgan fingerprint density at radius 3 is 2.07 bits per heavy atom. The van der Waals surface area contributed by atoms with E-state index in [4.69, 9.17) is 0 Å². The molecule has 5 amide bonds. The highest BCUT2D eigenvalue weighted by Gasteiger charge is 2.43. The quantitative estimate of drug-likeness (QED) is 0.234. The molecule has 0 aromatic heterocycles. The number of hydrogen-bond donors (Lipinski definition) is 4. The van der Waals surface area contributed by atoms with Gasteiger partial charge < -0.3 is 26.2 Å². The average molecular weight is 629 g/mol. The Bertz CT molecular complexity index is 1140. The Hall–Kier alpha value is -2.74. The van der Waals surface area contributed by atoms with Crippen LogP contribution in [0, 0.1) is 10.8 Å². The fourth-order valence-corrected chi connectivity index (χ4v) is 6.85. The largest absolute Gasteiger partial charge is 0.353 e. The van der Waals surface area contributed by atoms with E-state index < -0.39 is 74.6 Å². The third kappa shape index (κ3) is 9.88. The molecule has 2 aliphatic heterocycles. The number of rotatable bonds is 12. The molecule has 2 fully saturated rings. The van der Waals surface area contributed by atoms with E-state index in [9.17, 15) is 32.4 Å². The second-order valence-corrected chi connectivity index (χ2v) is 15.8. The topological polar surface area (TPSA) is 174 Å². The van der Waals surface area contributed by atoms with Crippen LogP contribution in [0.5, 0.6) is 0 Å². The van der Waals surface area contributed by atoms with Crippen LogP contribution in [0.4, 0.5) is 4.79 Å². The van der Waals surface area contributed by atoms with Gasteiger partial charge in [0.15, 0.2) is 0 Å². The predicted molar refractivity (Wildman–Crippen MR) is 163 cm³/mol. The Balaban J connectivity index is 2.20. The van der Waals surface area contributed by atoms with Crippen molar-refractivity contribution in [2.75, 3.05) is 32.4 Å². The van der Waals surface area contributed by atoms with Crippen molar-refractivity contribution < 1.29 is 32.4 Å². The van der Waals surface area contributed by atoms with Crippen molar-refractivity contribution in [2.24, 2.45) is 10.8 Å². The number of nitrogens with one attached hydrogen (secondary N) is 4. The van der Waals surface area contributed by atoms with Gasteiger partial charge in [0, 0.05) is 32.7 Å². The number of likely N-dealkylation sites (tertiary alicyclic amines) is 1. The minimum absolute atomic E-state index is 0.0839. The number of sulfonamides is 1. The number of urea groups is 1. The van der Waals surface area contributed by atoms with Crippen molar-refractivity contribution in [3.05, 3.63) is 0 Å². The van der Waals surface area contributed by atoms with Crippen LogP contribution in [0.25, 0.3) is 0 Å². The lowest BCUT2D eigenvalue weighted by atomic mass is 9.85. The lowest BCUT2D eigenvalue weighted by Gasteiger charge is -2.37. The van der Waals surface area contributed by atoms with Gasteiger partial charge >= 0.3 is 6.03 Å². The molecular formula is C29H52N6O7S.